The summed E-state index contributed by atoms with van der Waals surface area (Å²) in [5, 5.41) is 0. The van der Waals surface area contributed by atoms with Gasteiger partial charge in [-0.1, -0.05) is 202 Å². The molecule has 11 rings (SSSR count). The lowest BCUT2D eigenvalue weighted by atomic mass is 9.66. The Hall–Kier alpha value is -6.81. The second-order valence-electron chi connectivity index (χ2n) is 16.9. The number of nitrogens with zero attached hydrogens (tertiary/aromatic N) is 2. The fraction of sp³-hybridized carbons (Fsp3) is 0.0877. The number of benzene rings is 8. The predicted octanol–water partition coefficient (Wildman–Crippen LogP) is 14.9. The molecule has 3 heteroatoms. The molecule has 9 aromatic rings. The first-order valence-electron chi connectivity index (χ1n) is 20.7. The smallest absolute Gasteiger partial charge is 0.160 e. The maximum atomic E-state index is 5.16. The molecule has 1 aromatic heterocycles. The van der Waals surface area contributed by atoms with Gasteiger partial charge < -0.3 is 0 Å². The molecule has 2 aliphatic rings. The summed E-state index contributed by atoms with van der Waals surface area (Å²) in [5.41, 5.74) is 18.6. The Morgan fingerprint density at radius 2 is 0.900 bits per heavy atom. The first-order chi connectivity index (χ1) is 29.4. The van der Waals surface area contributed by atoms with Gasteiger partial charge in [-0.05, 0) is 96.9 Å². The molecule has 0 amide bonds. The van der Waals surface area contributed by atoms with Crippen molar-refractivity contribution in [1.82, 2.24) is 9.97 Å². The van der Waals surface area contributed by atoms with Crippen LogP contribution in [-0.4, -0.2) is 9.97 Å². The molecular weight excluding hydrogens is 745 g/mol. The summed E-state index contributed by atoms with van der Waals surface area (Å²) in [6.07, 6.45) is 0. The molecule has 0 saturated carbocycles. The van der Waals surface area contributed by atoms with Crippen LogP contribution in [0.5, 0.6) is 0 Å². The average molecular weight is 787 g/mol. The summed E-state index contributed by atoms with van der Waals surface area (Å²) in [6, 6.07) is 73.0. The van der Waals surface area contributed by atoms with Crippen molar-refractivity contribution < 1.29 is 0 Å². The second-order valence-corrected chi connectivity index (χ2v) is 18.0. The van der Waals surface area contributed by atoms with E-state index in [1.165, 1.54) is 65.4 Å². The number of hydrogen-bond acceptors (Lipinski definition) is 3. The summed E-state index contributed by atoms with van der Waals surface area (Å²) in [7, 11) is 0. The maximum absolute atomic E-state index is 5.16. The molecule has 1 spiro atoms. The van der Waals surface area contributed by atoms with Crippen molar-refractivity contribution in [3.05, 3.63) is 228 Å². The van der Waals surface area contributed by atoms with Crippen molar-refractivity contribution in [3.63, 3.8) is 0 Å². The summed E-state index contributed by atoms with van der Waals surface area (Å²) < 4.78 is 0. The fourth-order valence-corrected chi connectivity index (χ4v) is 10.6. The molecule has 0 saturated heterocycles. The van der Waals surface area contributed by atoms with E-state index < -0.39 is 5.41 Å². The minimum Gasteiger partial charge on any atom is -0.228 e. The lowest BCUT2D eigenvalue weighted by Crippen LogP contribution is -2.32. The van der Waals surface area contributed by atoms with E-state index in [9.17, 15) is 0 Å². The quantitative estimate of drug-likeness (QED) is 0.174. The Morgan fingerprint density at radius 1 is 0.367 bits per heavy atom. The summed E-state index contributed by atoms with van der Waals surface area (Å²) >= 11 is 1.89. The SMILES string of the molecule is CC(C)(C)c1ccc2c(c1)-c1ccccc1C21c2ccccc2Sc2ccc(-c3ccccc3-c3cccc(-c4nc(-c5ccccc5)cc(-c5ccccc5)n4)c3)cc21. The van der Waals surface area contributed by atoms with Crippen LogP contribution in [0.1, 0.15) is 48.6 Å². The van der Waals surface area contributed by atoms with E-state index in [2.05, 4.69) is 209 Å². The molecule has 1 atom stereocenters. The topological polar surface area (TPSA) is 25.8 Å². The maximum Gasteiger partial charge on any atom is 0.160 e. The molecular formula is C57H42N2S. The van der Waals surface area contributed by atoms with Crippen molar-refractivity contribution in [2.75, 3.05) is 0 Å². The van der Waals surface area contributed by atoms with Crippen molar-refractivity contribution in [2.45, 2.75) is 41.4 Å². The zero-order valence-electron chi connectivity index (χ0n) is 33.9. The minimum absolute atomic E-state index is 0.0349. The normalized spacial score (nSPS) is 14.9. The van der Waals surface area contributed by atoms with Gasteiger partial charge in [0.1, 0.15) is 0 Å². The van der Waals surface area contributed by atoms with E-state index in [1.54, 1.807) is 0 Å². The number of aromatic nitrogens is 2. The number of hydrogen-bond donors (Lipinski definition) is 0. The van der Waals surface area contributed by atoms with E-state index in [-0.39, 0.29) is 5.41 Å². The molecule has 1 aliphatic heterocycles. The third-order valence-electron chi connectivity index (χ3n) is 12.3. The lowest BCUT2D eigenvalue weighted by Gasteiger charge is -2.40. The molecule has 0 radical (unpaired) electrons. The fourth-order valence-electron chi connectivity index (χ4n) is 9.44. The van der Waals surface area contributed by atoms with Crippen LogP contribution in [0, 0.1) is 0 Å². The Kier molecular flexibility index (Phi) is 8.58. The highest BCUT2D eigenvalue weighted by Gasteiger charge is 2.50. The third kappa shape index (κ3) is 5.87. The molecule has 8 aromatic carbocycles. The van der Waals surface area contributed by atoms with Crippen LogP contribution in [0.15, 0.2) is 210 Å². The molecule has 0 fully saturated rings. The van der Waals surface area contributed by atoms with E-state index in [0.29, 0.717) is 5.82 Å². The average Bonchev–Trinajstić information content (AvgIpc) is 3.59. The van der Waals surface area contributed by atoms with Crippen LogP contribution in [0.25, 0.3) is 67.3 Å². The van der Waals surface area contributed by atoms with Crippen LogP contribution in [0.3, 0.4) is 0 Å². The zero-order valence-corrected chi connectivity index (χ0v) is 34.7. The first-order valence-corrected chi connectivity index (χ1v) is 21.5. The van der Waals surface area contributed by atoms with Crippen LogP contribution < -0.4 is 0 Å². The van der Waals surface area contributed by atoms with Crippen LogP contribution in [0.4, 0.5) is 0 Å². The Balaban J connectivity index is 1.07. The van der Waals surface area contributed by atoms with E-state index in [0.717, 1.165) is 33.6 Å². The Labute approximate surface area is 356 Å². The first kappa shape index (κ1) is 36.3. The molecule has 0 bridgehead atoms. The summed E-state index contributed by atoms with van der Waals surface area (Å²) in [4.78, 5) is 12.9. The molecule has 1 aliphatic carbocycles. The van der Waals surface area contributed by atoms with Gasteiger partial charge in [0.25, 0.3) is 0 Å². The van der Waals surface area contributed by atoms with Gasteiger partial charge in [-0.2, -0.15) is 0 Å². The van der Waals surface area contributed by atoms with Gasteiger partial charge >= 0.3 is 0 Å². The van der Waals surface area contributed by atoms with Crippen LogP contribution >= 0.6 is 11.8 Å². The monoisotopic (exact) mass is 786 g/mol. The molecule has 1 unspecified atom stereocenters. The van der Waals surface area contributed by atoms with Gasteiger partial charge in [-0.25, -0.2) is 9.97 Å². The standard InChI is InChI=1S/C57H42N2S/c1-56(2,3)42-30-31-48-46(35-42)45-25-12-13-26-47(45)57(48)49-27-14-15-28-53(49)60-54-32-29-40(34-50(54)57)44-24-11-10-23-43(44)39-21-16-22-41(33-39)55-58-51(37-17-6-4-7-18-37)36-52(59-55)38-19-8-5-9-20-38/h4-36H,1-3H3. The largest absolute Gasteiger partial charge is 0.228 e. The van der Waals surface area contributed by atoms with E-state index in [1.807, 2.05) is 23.9 Å². The highest BCUT2D eigenvalue weighted by atomic mass is 32.2. The van der Waals surface area contributed by atoms with Gasteiger partial charge in [0, 0.05) is 26.5 Å². The van der Waals surface area contributed by atoms with E-state index >= 15 is 0 Å². The molecule has 2 nitrogen and oxygen atoms in total. The van der Waals surface area contributed by atoms with Crippen molar-refractivity contribution in [2.24, 2.45) is 0 Å². The second kappa shape index (κ2) is 14.2. The van der Waals surface area contributed by atoms with Gasteiger partial charge in [0.15, 0.2) is 5.82 Å². The molecule has 0 N–H and O–H groups in total. The van der Waals surface area contributed by atoms with Gasteiger partial charge in [0.2, 0.25) is 0 Å². The van der Waals surface area contributed by atoms with Crippen LogP contribution in [0.2, 0.25) is 0 Å². The summed E-state index contributed by atoms with van der Waals surface area (Å²) in [5.74, 6) is 0.703. The third-order valence-corrected chi connectivity index (χ3v) is 13.5. The van der Waals surface area contributed by atoms with Crippen molar-refractivity contribution in [3.8, 4) is 67.3 Å². The predicted molar refractivity (Wildman–Crippen MR) is 249 cm³/mol. The zero-order chi connectivity index (χ0) is 40.4. The van der Waals surface area contributed by atoms with E-state index in [4.69, 9.17) is 9.97 Å². The number of fused-ring (bicyclic) bond motifs is 9. The molecule has 2 heterocycles. The number of rotatable bonds is 5. The van der Waals surface area contributed by atoms with Gasteiger partial charge in [-0.3, -0.25) is 0 Å². The lowest BCUT2D eigenvalue weighted by molar-refractivity contribution is 0.590. The van der Waals surface area contributed by atoms with Gasteiger partial charge in [0.05, 0.1) is 16.8 Å². The minimum atomic E-state index is -0.456. The van der Waals surface area contributed by atoms with Crippen molar-refractivity contribution >= 4 is 11.8 Å². The highest BCUT2D eigenvalue weighted by Crippen LogP contribution is 2.63. The Bertz CT molecular complexity index is 3050. The van der Waals surface area contributed by atoms with Crippen LogP contribution in [-0.2, 0) is 10.8 Å². The van der Waals surface area contributed by atoms with Gasteiger partial charge in [-0.15, -0.1) is 0 Å². The summed E-state index contributed by atoms with van der Waals surface area (Å²) in [6.45, 7) is 6.93. The molecule has 286 valence electrons. The highest BCUT2D eigenvalue weighted by molar-refractivity contribution is 7.99. The van der Waals surface area contributed by atoms with Crippen molar-refractivity contribution in [1.29, 1.82) is 0 Å². The molecule has 60 heavy (non-hydrogen) atoms. The Morgan fingerprint density at radius 3 is 1.58 bits per heavy atom.